The molecule has 0 aliphatic carbocycles. The Labute approximate surface area is 104 Å². The van der Waals surface area contributed by atoms with Crippen LogP contribution < -0.4 is 4.74 Å². The molecule has 0 bridgehead atoms. The van der Waals surface area contributed by atoms with Gasteiger partial charge in [-0.3, -0.25) is 0 Å². The second-order valence-corrected chi connectivity index (χ2v) is 3.91. The Hall–Kier alpha value is -1.28. The maximum absolute atomic E-state index is 5.64. The SMILES string of the molecule is C=Cc1ccccc1OCCOCCCCC. The fraction of sp³-hybridized carbons (Fsp3) is 0.467. The molecule has 94 valence electrons. The lowest BCUT2D eigenvalue weighted by atomic mass is 10.2. The average molecular weight is 234 g/mol. The molecular formula is C15H22O2. The van der Waals surface area contributed by atoms with Gasteiger partial charge >= 0.3 is 0 Å². The van der Waals surface area contributed by atoms with E-state index < -0.39 is 0 Å². The lowest BCUT2D eigenvalue weighted by Crippen LogP contribution is -2.08. The zero-order valence-electron chi connectivity index (χ0n) is 10.7. The molecule has 0 unspecified atom stereocenters. The predicted octanol–water partition coefficient (Wildman–Crippen LogP) is 3.92. The van der Waals surface area contributed by atoms with Gasteiger partial charge in [0.1, 0.15) is 12.4 Å². The van der Waals surface area contributed by atoms with Crippen LogP contribution in [0.2, 0.25) is 0 Å². The van der Waals surface area contributed by atoms with Crippen molar-refractivity contribution in [1.29, 1.82) is 0 Å². The Morgan fingerprint density at radius 2 is 1.94 bits per heavy atom. The molecule has 0 radical (unpaired) electrons. The third-order valence-corrected chi connectivity index (χ3v) is 2.52. The number of rotatable bonds is 9. The van der Waals surface area contributed by atoms with Crippen molar-refractivity contribution in [2.75, 3.05) is 19.8 Å². The van der Waals surface area contributed by atoms with Crippen molar-refractivity contribution in [3.63, 3.8) is 0 Å². The highest BCUT2D eigenvalue weighted by molar-refractivity contribution is 5.55. The Balaban J connectivity index is 2.15. The van der Waals surface area contributed by atoms with Gasteiger partial charge < -0.3 is 9.47 Å². The van der Waals surface area contributed by atoms with Crippen molar-refractivity contribution in [1.82, 2.24) is 0 Å². The molecule has 0 N–H and O–H groups in total. The summed E-state index contributed by atoms with van der Waals surface area (Å²) in [5.41, 5.74) is 1.03. The highest BCUT2D eigenvalue weighted by atomic mass is 16.5. The number of unbranched alkanes of at least 4 members (excludes halogenated alkanes) is 2. The summed E-state index contributed by atoms with van der Waals surface area (Å²) < 4.78 is 11.1. The van der Waals surface area contributed by atoms with Gasteiger partial charge in [0.15, 0.2) is 0 Å². The lowest BCUT2D eigenvalue weighted by Gasteiger charge is -2.09. The molecule has 0 aliphatic heterocycles. The molecule has 2 nitrogen and oxygen atoms in total. The molecular weight excluding hydrogens is 212 g/mol. The van der Waals surface area contributed by atoms with E-state index in [1.807, 2.05) is 24.3 Å². The summed E-state index contributed by atoms with van der Waals surface area (Å²) in [5.74, 6) is 0.875. The summed E-state index contributed by atoms with van der Waals surface area (Å²) in [6.45, 7) is 8.02. The van der Waals surface area contributed by atoms with Crippen LogP contribution in [0.1, 0.15) is 31.7 Å². The molecule has 0 fully saturated rings. The lowest BCUT2D eigenvalue weighted by molar-refractivity contribution is 0.0973. The number of hydrogen-bond donors (Lipinski definition) is 0. The van der Waals surface area contributed by atoms with Gasteiger partial charge in [0.05, 0.1) is 6.61 Å². The molecule has 17 heavy (non-hydrogen) atoms. The monoisotopic (exact) mass is 234 g/mol. The largest absolute Gasteiger partial charge is 0.491 e. The Morgan fingerprint density at radius 1 is 1.12 bits per heavy atom. The number of ether oxygens (including phenoxy) is 2. The molecule has 0 saturated carbocycles. The average Bonchev–Trinajstić information content (AvgIpc) is 2.38. The quantitative estimate of drug-likeness (QED) is 0.603. The minimum Gasteiger partial charge on any atom is -0.491 e. The first kappa shape index (κ1) is 13.8. The summed E-state index contributed by atoms with van der Waals surface area (Å²) in [4.78, 5) is 0. The van der Waals surface area contributed by atoms with Gasteiger partial charge in [0.2, 0.25) is 0 Å². The first-order valence-corrected chi connectivity index (χ1v) is 6.30. The molecule has 0 amide bonds. The fourth-order valence-electron chi connectivity index (χ4n) is 1.55. The third-order valence-electron chi connectivity index (χ3n) is 2.52. The minimum absolute atomic E-state index is 0.594. The maximum atomic E-state index is 5.64. The highest BCUT2D eigenvalue weighted by Gasteiger charge is 1.98. The predicted molar refractivity (Wildman–Crippen MR) is 72.4 cm³/mol. The zero-order valence-corrected chi connectivity index (χ0v) is 10.7. The zero-order chi connectivity index (χ0) is 12.3. The molecule has 0 saturated heterocycles. The molecule has 0 atom stereocenters. The van der Waals surface area contributed by atoms with Crippen molar-refractivity contribution in [2.45, 2.75) is 26.2 Å². The summed E-state index contributed by atoms with van der Waals surface area (Å²) in [6.07, 6.45) is 5.41. The van der Waals surface area contributed by atoms with Crippen molar-refractivity contribution < 1.29 is 9.47 Å². The molecule has 1 aromatic carbocycles. The van der Waals surface area contributed by atoms with Crippen LogP contribution in [0, 0.1) is 0 Å². The topological polar surface area (TPSA) is 18.5 Å². The van der Waals surface area contributed by atoms with Crippen LogP contribution >= 0.6 is 0 Å². The molecule has 0 heterocycles. The maximum Gasteiger partial charge on any atom is 0.126 e. The Morgan fingerprint density at radius 3 is 2.71 bits per heavy atom. The summed E-state index contributed by atoms with van der Waals surface area (Å²) in [7, 11) is 0. The highest BCUT2D eigenvalue weighted by Crippen LogP contribution is 2.18. The van der Waals surface area contributed by atoms with E-state index in [1.54, 1.807) is 6.08 Å². The Kier molecular flexibility index (Phi) is 7.15. The van der Waals surface area contributed by atoms with Gasteiger partial charge in [0, 0.05) is 12.2 Å². The molecule has 1 rings (SSSR count). The van der Waals surface area contributed by atoms with E-state index in [4.69, 9.17) is 9.47 Å². The van der Waals surface area contributed by atoms with E-state index in [9.17, 15) is 0 Å². The molecule has 1 aromatic rings. The molecule has 0 aliphatic rings. The number of para-hydroxylation sites is 1. The first-order chi connectivity index (χ1) is 8.38. The van der Waals surface area contributed by atoms with E-state index >= 15 is 0 Å². The van der Waals surface area contributed by atoms with Crippen LogP contribution in [-0.2, 0) is 4.74 Å². The first-order valence-electron chi connectivity index (χ1n) is 6.30. The van der Waals surface area contributed by atoms with Gasteiger partial charge in [-0.1, -0.05) is 50.6 Å². The van der Waals surface area contributed by atoms with E-state index in [1.165, 1.54) is 12.8 Å². The van der Waals surface area contributed by atoms with E-state index in [0.29, 0.717) is 13.2 Å². The van der Waals surface area contributed by atoms with E-state index in [0.717, 1.165) is 24.3 Å². The van der Waals surface area contributed by atoms with Gasteiger partial charge in [0.25, 0.3) is 0 Å². The van der Waals surface area contributed by atoms with Gasteiger partial charge in [-0.2, -0.15) is 0 Å². The van der Waals surface area contributed by atoms with Crippen molar-refractivity contribution in [3.05, 3.63) is 36.4 Å². The molecule has 2 heteroatoms. The fourth-order valence-corrected chi connectivity index (χ4v) is 1.55. The van der Waals surface area contributed by atoms with E-state index in [2.05, 4.69) is 13.5 Å². The normalized spacial score (nSPS) is 10.2. The van der Waals surface area contributed by atoms with Crippen LogP contribution in [-0.4, -0.2) is 19.8 Å². The third kappa shape index (κ3) is 5.55. The van der Waals surface area contributed by atoms with Crippen LogP contribution in [0.5, 0.6) is 5.75 Å². The summed E-state index contributed by atoms with van der Waals surface area (Å²) >= 11 is 0. The van der Waals surface area contributed by atoms with Crippen molar-refractivity contribution >= 4 is 6.08 Å². The van der Waals surface area contributed by atoms with Gasteiger partial charge in [-0.25, -0.2) is 0 Å². The number of benzene rings is 1. The second-order valence-electron chi connectivity index (χ2n) is 3.91. The second kappa shape index (κ2) is 8.82. The van der Waals surface area contributed by atoms with Gasteiger partial charge in [-0.05, 0) is 12.5 Å². The molecule has 0 spiro atoms. The van der Waals surface area contributed by atoms with Crippen LogP contribution in [0.4, 0.5) is 0 Å². The van der Waals surface area contributed by atoms with E-state index in [-0.39, 0.29) is 0 Å². The Bertz CT molecular complexity index is 320. The van der Waals surface area contributed by atoms with Crippen LogP contribution in [0.3, 0.4) is 0 Å². The summed E-state index contributed by atoms with van der Waals surface area (Å²) in [5, 5.41) is 0. The van der Waals surface area contributed by atoms with Crippen molar-refractivity contribution in [2.24, 2.45) is 0 Å². The summed E-state index contributed by atoms with van der Waals surface area (Å²) in [6, 6.07) is 7.88. The standard InChI is InChI=1S/C15H22O2/c1-3-5-8-11-16-12-13-17-15-10-7-6-9-14(15)4-2/h4,6-7,9-10H,2-3,5,8,11-13H2,1H3. The van der Waals surface area contributed by atoms with Crippen molar-refractivity contribution in [3.8, 4) is 5.75 Å². The smallest absolute Gasteiger partial charge is 0.126 e. The number of hydrogen-bond acceptors (Lipinski definition) is 2. The van der Waals surface area contributed by atoms with Crippen LogP contribution in [0.15, 0.2) is 30.8 Å². The van der Waals surface area contributed by atoms with Gasteiger partial charge in [-0.15, -0.1) is 0 Å². The van der Waals surface area contributed by atoms with Crippen LogP contribution in [0.25, 0.3) is 6.08 Å². The molecule has 0 aromatic heterocycles. The minimum atomic E-state index is 0.594.